The van der Waals surface area contributed by atoms with Crippen LogP contribution in [-0.4, -0.2) is 18.1 Å². The highest BCUT2D eigenvalue weighted by molar-refractivity contribution is 5.89. The first-order chi connectivity index (χ1) is 7.99. The van der Waals surface area contributed by atoms with Crippen LogP contribution < -0.4 is 11.1 Å². The molecule has 0 aliphatic rings. The van der Waals surface area contributed by atoms with E-state index < -0.39 is 6.03 Å². The van der Waals surface area contributed by atoms with E-state index >= 15 is 0 Å². The molecular weight excluding hydrogens is 220 g/mol. The molecule has 1 aromatic rings. The van der Waals surface area contributed by atoms with Crippen molar-refractivity contribution in [3.8, 4) is 0 Å². The Morgan fingerprint density at radius 2 is 1.88 bits per heavy atom. The van der Waals surface area contributed by atoms with Gasteiger partial charge in [0.05, 0.1) is 11.7 Å². The summed E-state index contributed by atoms with van der Waals surface area (Å²) in [6, 6.07) is 6.22. The van der Waals surface area contributed by atoms with Crippen molar-refractivity contribution < 1.29 is 14.3 Å². The fourth-order valence-electron chi connectivity index (χ4n) is 1.23. The number of esters is 1. The Morgan fingerprint density at radius 3 is 2.35 bits per heavy atom. The number of benzene rings is 1. The van der Waals surface area contributed by atoms with Gasteiger partial charge in [0.2, 0.25) is 0 Å². The van der Waals surface area contributed by atoms with Gasteiger partial charge in [-0.2, -0.15) is 0 Å². The number of amides is 2. The number of ether oxygens (including phenoxy) is 1. The summed E-state index contributed by atoms with van der Waals surface area (Å²) in [5.41, 5.74) is 6.30. The van der Waals surface area contributed by atoms with E-state index in [2.05, 4.69) is 5.32 Å². The van der Waals surface area contributed by atoms with Crippen molar-refractivity contribution in [3.63, 3.8) is 0 Å². The third-order valence-corrected chi connectivity index (χ3v) is 2.00. The lowest BCUT2D eigenvalue weighted by molar-refractivity contribution is 0.0378. The molecule has 0 fully saturated rings. The van der Waals surface area contributed by atoms with Gasteiger partial charge in [0, 0.05) is 6.54 Å². The van der Waals surface area contributed by atoms with Gasteiger partial charge in [0.15, 0.2) is 0 Å². The lowest BCUT2D eigenvalue weighted by Crippen LogP contribution is -2.28. The second-order valence-electron chi connectivity index (χ2n) is 3.87. The van der Waals surface area contributed by atoms with Gasteiger partial charge in [-0.25, -0.2) is 9.59 Å². The van der Waals surface area contributed by atoms with E-state index in [1.54, 1.807) is 38.1 Å². The molecule has 17 heavy (non-hydrogen) atoms. The largest absolute Gasteiger partial charge is 0.459 e. The normalized spacial score (nSPS) is 10.1. The van der Waals surface area contributed by atoms with Crippen molar-refractivity contribution in [2.45, 2.75) is 26.5 Å². The predicted molar refractivity (Wildman–Crippen MR) is 63.4 cm³/mol. The molecule has 0 bridgehead atoms. The fourth-order valence-corrected chi connectivity index (χ4v) is 1.23. The van der Waals surface area contributed by atoms with E-state index in [0.29, 0.717) is 12.1 Å². The molecule has 5 nitrogen and oxygen atoms in total. The van der Waals surface area contributed by atoms with Crippen molar-refractivity contribution >= 4 is 12.0 Å². The quantitative estimate of drug-likeness (QED) is 0.776. The SMILES string of the molecule is CC(C)OC(=O)c1ccc(CNC(N)=O)cc1. The van der Waals surface area contributed by atoms with Gasteiger partial charge in [-0.1, -0.05) is 12.1 Å². The third-order valence-electron chi connectivity index (χ3n) is 2.00. The number of hydrogen-bond donors (Lipinski definition) is 2. The van der Waals surface area contributed by atoms with Crippen LogP contribution in [0.15, 0.2) is 24.3 Å². The van der Waals surface area contributed by atoms with Crippen LogP contribution in [-0.2, 0) is 11.3 Å². The lowest BCUT2D eigenvalue weighted by Gasteiger charge is -2.08. The summed E-state index contributed by atoms with van der Waals surface area (Å²) in [7, 11) is 0. The molecule has 0 radical (unpaired) electrons. The van der Waals surface area contributed by atoms with Crippen LogP contribution in [0.5, 0.6) is 0 Å². The number of primary amides is 1. The smallest absolute Gasteiger partial charge is 0.338 e. The summed E-state index contributed by atoms with van der Waals surface area (Å²) in [6.07, 6.45) is -0.140. The highest BCUT2D eigenvalue weighted by Gasteiger charge is 2.08. The van der Waals surface area contributed by atoms with E-state index in [1.165, 1.54) is 0 Å². The maximum absolute atomic E-state index is 11.5. The van der Waals surface area contributed by atoms with Crippen molar-refractivity contribution in [3.05, 3.63) is 35.4 Å². The average Bonchev–Trinajstić information content (AvgIpc) is 2.26. The lowest BCUT2D eigenvalue weighted by atomic mass is 10.1. The molecule has 0 unspecified atom stereocenters. The zero-order valence-electron chi connectivity index (χ0n) is 9.90. The second-order valence-corrected chi connectivity index (χ2v) is 3.87. The molecule has 0 aliphatic heterocycles. The van der Waals surface area contributed by atoms with E-state index in [4.69, 9.17) is 10.5 Å². The van der Waals surface area contributed by atoms with E-state index in [0.717, 1.165) is 5.56 Å². The van der Waals surface area contributed by atoms with Gasteiger partial charge in [-0.15, -0.1) is 0 Å². The van der Waals surface area contributed by atoms with Gasteiger partial charge >= 0.3 is 12.0 Å². The standard InChI is InChI=1S/C12H16N2O3/c1-8(2)17-11(15)10-5-3-9(4-6-10)7-14-12(13)16/h3-6,8H,7H2,1-2H3,(H3,13,14,16). The van der Waals surface area contributed by atoms with Gasteiger partial charge in [-0.05, 0) is 31.5 Å². The Balaban J connectivity index is 2.61. The third kappa shape index (κ3) is 4.55. The number of rotatable bonds is 4. The number of carbonyl (C=O) groups is 2. The Hall–Kier alpha value is -2.04. The van der Waals surface area contributed by atoms with Crippen molar-refractivity contribution in [2.24, 2.45) is 5.73 Å². The second kappa shape index (κ2) is 5.89. The first kappa shape index (κ1) is 13.0. The number of nitrogens with two attached hydrogens (primary N) is 1. The summed E-state index contributed by atoms with van der Waals surface area (Å²) in [4.78, 5) is 22.0. The minimum atomic E-state index is -0.576. The molecule has 1 aromatic carbocycles. The van der Waals surface area contributed by atoms with Gasteiger partial charge < -0.3 is 15.8 Å². The molecule has 0 spiro atoms. The molecule has 3 N–H and O–H groups in total. The zero-order valence-corrected chi connectivity index (χ0v) is 9.90. The molecule has 0 aliphatic carbocycles. The van der Waals surface area contributed by atoms with Crippen molar-refractivity contribution in [1.29, 1.82) is 0 Å². The van der Waals surface area contributed by atoms with Crippen LogP contribution in [0.3, 0.4) is 0 Å². The summed E-state index contributed by atoms with van der Waals surface area (Å²) < 4.78 is 5.05. The Labute approximate surface area is 99.9 Å². The number of carbonyl (C=O) groups excluding carboxylic acids is 2. The number of nitrogens with one attached hydrogen (secondary N) is 1. The zero-order chi connectivity index (χ0) is 12.8. The molecule has 5 heteroatoms. The molecule has 2 amide bonds. The molecule has 0 saturated carbocycles. The van der Waals surface area contributed by atoms with E-state index in [1.807, 2.05) is 0 Å². The Kier molecular flexibility index (Phi) is 4.51. The molecule has 92 valence electrons. The van der Waals surface area contributed by atoms with Crippen LogP contribution in [0.1, 0.15) is 29.8 Å². The number of hydrogen-bond acceptors (Lipinski definition) is 3. The minimum Gasteiger partial charge on any atom is -0.459 e. The number of urea groups is 1. The first-order valence-corrected chi connectivity index (χ1v) is 5.32. The average molecular weight is 236 g/mol. The van der Waals surface area contributed by atoms with Gasteiger partial charge in [-0.3, -0.25) is 0 Å². The molecule has 0 atom stereocenters. The van der Waals surface area contributed by atoms with E-state index in [-0.39, 0.29) is 12.1 Å². The summed E-state index contributed by atoms with van der Waals surface area (Å²) in [6.45, 7) is 3.93. The highest BCUT2D eigenvalue weighted by Crippen LogP contribution is 2.07. The predicted octanol–water partition coefficient (Wildman–Crippen LogP) is 1.42. The molecular formula is C12H16N2O3. The van der Waals surface area contributed by atoms with Crippen molar-refractivity contribution in [1.82, 2.24) is 5.32 Å². The summed E-state index contributed by atoms with van der Waals surface area (Å²) >= 11 is 0. The van der Waals surface area contributed by atoms with Gasteiger partial charge in [0.25, 0.3) is 0 Å². The topological polar surface area (TPSA) is 81.4 Å². The minimum absolute atomic E-state index is 0.140. The van der Waals surface area contributed by atoms with Crippen LogP contribution >= 0.6 is 0 Å². The fraction of sp³-hybridized carbons (Fsp3) is 0.333. The first-order valence-electron chi connectivity index (χ1n) is 5.32. The summed E-state index contributed by atoms with van der Waals surface area (Å²) in [5.74, 6) is -0.352. The Morgan fingerprint density at radius 1 is 1.29 bits per heavy atom. The molecule has 0 saturated heterocycles. The van der Waals surface area contributed by atoms with E-state index in [9.17, 15) is 9.59 Å². The van der Waals surface area contributed by atoms with Crippen LogP contribution in [0, 0.1) is 0 Å². The van der Waals surface area contributed by atoms with Gasteiger partial charge in [0.1, 0.15) is 0 Å². The van der Waals surface area contributed by atoms with Crippen LogP contribution in [0.2, 0.25) is 0 Å². The monoisotopic (exact) mass is 236 g/mol. The molecule has 1 rings (SSSR count). The van der Waals surface area contributed by atoms with Crippen LogP contribution in [0.4, 0.5) is 4.79 Å². The maximum atomic E-state index is 11.5. The van der Waals surface area contributed by atoms with Crippen molar-refractivity contribution in [2.75, 3.05) is 0 Å². The van der Waals surface area contributed by atoms with Crippen LogP contribution in [0.25, 0.3) is 0 Å². The summed E-state index contributed by atoms with van der Waals surface area (Å²) in [5, 5.41) is 2.47. The highest BCUT2D eigenvalue weighted by atomic mass is 16.5. The Bertz CT molecular complexity index is 399. The maximum Gasteiger partial charge on any atom is 0.338 e. The molecule has 0 aromatic heterocycles. The molecule has 0 heterocycles.